The van der Waals surface area contributed by atoms with Crippen LogP contribution in [0.4, 0.5) is 0 Å². The van der Waals surface area contributed by atoms with Gasteiger partial charge >= 0.3 is 0 Å². The van der Waals surface area contributed by atoms with Crippen LogP contribution in [-0.4, -0.2) is 14.2 Å². The molecule has 0 heterocycles. The molecule has 17 heavy (non-hydrogen) atoms. The maximum absolute atomic E-state index is 6.26. The fourth-order valence-corrected chi connectivity index (χ4v) is 3.16. The van der Waals surface area contributed by atoms with Crippen LogP contribution in [0.15, 0.2) is 6.07 Å². The monoisotopic (exact) mass is 235 g/mol. The summed E-state index contributed by atoms with van der Waals surface area (Å²) in [6.45, 7) is 6.58. The zero-order valence-corrected chi connectivity index (χ0v) is 11.3. The maximum atomic E-state index is 6.26. The summed E-state index contributed by atoms with van der Waals surface area (Å²) < 4.78 is 10.9. The van der Waals surface area contributed by atoms with Crippen LogP contribution in [0.1, 0.15) is 43.0 Å². The van der Waals surface area contributed by atoms with E-state index in [1.807, 2.05) is 6.07 Å². The number of rotatable bonds is 2. The Morgan fingerprint density at radius 2 is 1.94 bits per heavy atom. The van der Waals surface area contributed by atoms with Gasteiger partial charge in [0.05, 0.1) is 14.2 Å². The molecule has 3 heteroatoms. The minimum absolute atomic E-state index is 0.0312. The Kier molecular flexibility index (Phi) is 2.82. The quantitative estimate of drug-likeness (QED) is 0.857. The van der Waals surface area contributed by atoms with Crippen LogP contribution in [0, 0.1) is 6.92 Å². The van der Waals surface area contributed by atoms with Gasteiger partial charge in [-0.05, 0) is 36.0 Å². The van der Waals surface area contributed by atoms with Gasteiger partial charge in [-0.25, -0.2) is 0 Å². The van der Waals surface area contributed by atoms with Gasteiger partial charge in [-0.1, -0.05) is 13.8 Å². The average Bonchev–Trinajstić information content (AvgIpc) is 2.49. The van der Waals surface area contributed by atoms with Crippen molar-refractivity contribution in [1.29, 1.82) is 0 Å². The van der Waals surface area contributed by atoms with Crippen molar-refractivity contribution in [3.63, 3.8) is 0 Å². The van der Waals surface area contributed by atoms with E-state index < -0.39 is 0 Å². The van der Waals surface area contributed by atoms with E-state index in [-0.39, 0.29) is 11.5 Å². The molecule has 0 saturated heterocycles. The lowest BCUT2D eigenvalue weighted by molar-refractivity contribution is 0.350. The fourth-order valence-electron chi connectivity index (χ4n) is 3.16. The highest BCUT2D eigenvalue weighted by molar-refractivity contribution is 5.60. The molecule has 2 rings (SSSR count). The van der Waals surface area contributed by atoms with Crippen molar-refractivity contribution < 1.29 is 9.47 Å². The topological polar surface area (TPSA) is 44.5 Å². The van der Waals surface area contributed by atoms with Gasteiger partial charge in [-0.2, -0.15) is 0 Å². The second kappa shape index (κ2) is 3.91. The van der Waals surface area contributed by atoms with E-state index in [1.54, 1.807) is 14.2 Å². The number of hydrogen-bond acceptors (Lipinski definition) is 3. The number of benzene rings is 1. The van der Waals surface area contributed by atoms with Gasteiger partial charge in [0.25, 0.3) is 0 Å². The predicted molar refractivity (Wildman–Crippen MR) is 68.9 cm³/mol. The Morgan fingerprint density at radius 1 is 1.29 bits per heavy atom. The first-order chi connectivity index (χ1) is 7.92. The Hall–Kier alpha value is -1.22. The smallest absolute Gasteiger partial charge is 0.165 e. The van der Waals surface area contributed by atoms with Gasteiger partial charge in [0.15, 0.2) is 11.5 Å². The summed E-state index contributed by atoms with van der Waals surface area (Å²) in [6.07, 6.45) is 0.951. The minimum Gasteiger partial charge on any atom is -0.493 e. The molecule has 0 fully saturated rings. The Bertz CT molecular complexity index is 452. The third-order valence-corrected chi connectivity index (χ3v) is 3.68. The van der Waals surface area contributed by atoms with Crippen molar-refractivity contribution in [2.24, 2.45) is 5.73 Å². The lowest BCUT2D eigenvalue weighted by atomic mass is 9.83. The predicted octanol–water partition coefficient (Wildman–Crippen LogP) is 2.69. The van der Waals surface area contributed by atoms with Gasteiger partial charge in [-0.3, -0.25) is 0 Å². The molecule has 0 unspecified atom stereocenters. The lowest BCUT2D eigenvalue weighted by Gasteiger charge is -2.22. The van der Waals surface area contributed by atoms with E-state index >= 15 is 0 Å². The summed E-state index contributed by atoms with van der Waals surface area (Å²) in [5, 5.41) is 0. The number of ether oxygens (including phenoxy) is 2. The zero-order valence-electron chi connectivity index (χ0n) is 11.3. The molecule has 0 spiro atoms. The number of nitrogens with two attached hydrogens (primary N) is 1. The Morgan fingerprint density at radius 3 is 2.47 bits per heavy atom. The van der Waals surface area contributed by atoms with Crippen molar-refractivity contribution in [3.8, 4) is 11.5 Å². The summed E-state index contributed by atoms with van der Waals surface area (Å²) in [7, 11) is 3.33. The van der Waals surface area contributed by atoms with E-state index in [0.717, 1.165) is 23.5 Å². The third kappa shape index (κ3) is 1.69. The first kappa shape index (κ1) is 12.2. The molecule has 0 saturated carbocycles. The molecule has 1 aromatic rings. The van der Waals surface area contributed by atoms with Gasteiger partial charge in [0.1, 0.15) is 0 Å². The Labute approximate surface area is 103 Å². The van der Waals surface area contributed by atoms with Crippen molar-refractivity contribution in [1.82, 2.24) is 0 Å². The van der Waals surface area contributed by atoms with Crippen LogP contribution < -0.4 is 15.2 Å². The van der Waals surface area contributed by atoms with E-state index in [9.17, 15) is 0 Å². The normalized spacial score (nSPS) is 21.2. The fraction of sp³-hybridized carbons (Fsp3) is 0.571. The molecule has 3 nitrogen and oxygen atoms in total. The summed E-state index contributed by atoms with van der Waals surface area (Å²) >= 11 is 0. The third-order valence-electron chi connectivity index (χ3n) is 3.68. The average molecular weight is 235 g/mol. The summed E-state index contributed by atoms with van der Waals surface area (Å²) in [5.74, 6) is 1.57. The van der Waals surface area contributed by atoms with Gasteiger partial charge in [0, 0.05) is 11.6 Å². The Balaban J connectivity index is 2.76. The molecule has 94 valence electrons. The van der Waals surface area contributed by atoms with E-state index in [1.165, 1.54) is 11.1 Å². The molecule has 1 aliphatic carbocycles. The lowest BCUT2D eigenvalue weighted by Crippen LogP contribution is -2.15. The van der Waals surface area contributed by atoms with Crippen molar-refractivity contribution >= 4 is 0 Å². The summed E-state index contributed by atoms with van der Waals surface area (Å²) in [5.41, 5.74) is 10.0. The number of aryl methyl sites for hydroxylation is 1. The second-order valence-electron chi connectivity index (χ2n) is 5.41. The van der Waals surface area contributed by atoms with Crippen molar-refractivity contribution in [2.75, 3.05) is 14.2 Å². The maximum Gasteiger partial charge on any atom is 0.165 e. The first-order valence-electron chi connectivity index (χ1n) is 5.94. The number of methoxy groups -OCH3 is 2. The van der Waals surface area contributed by atoms with Gasteiger partial charge in [-0.15, -0.1) is 0 Å². The molecule has 0 radical (unpaired) electrons. The van der Waals surface area contributed by atoms with E-state index in [2.05, 4.69) is 20.8 Å². The van der Waals surface area contributed by atoms with Crippen molar-refractivity contribution in [3.05, 3.63) is 22.8 Å². The molecule has 0 amide bonds. The van der Waals surface area contributed by atoms with E-state index in [4.69, 9.17) is 15.2 Å². The summed E-state index contributed by atoms with van der Waals surface area (Å²) in [6, 6.07) is 2.07. The molecule has 0 bridgehead atoms. The van der Waals surface area contributed by atoms with Crippen LogP contribution in [0.25, 0.3) is 0 Å². The molecule has 0 aliphatic heterocycles. The molecule has 0 aromatic heterocycles. The molecular weight excluding hydrogens is 214 g/mol. The van der Waals surface area contributed by atoms with E-state index in [0.29, 0.717) is 0 Å². The zero-order chi connectivity index (χ0) is 12.8. The molecule has 1 atom stereocenters. The van der Waals surface area contributed by atoms with Crippen molar-refractivity contribution in [2.45, 2.75) is 38.6 Å². The van der Waals surface area contributed by atoms with Crippen LogP contribution in [0.3, 0.4) is 0 Å². The highest BCUT2D eigenvalue weighted by Crippen LogP contribution is 2.51. The standard InChI is InChI=1S/C14H21NO2/c1-8-6-10(16-4)13(17-5)11-9(15)7-14(2,3)12(8)11/h6,9H,7,15H2,1-5H3/t9-/m0/s1. The highest BCUT2D eigenvalue weighted by atomic mass is 16.5. The second-order valence-corrected chi connectivity index (χ2v) is 5.41. The molecule has 2 N–H and O–H groups in total. The number of hydrogen-bond donors (Lipinski definition) is 1. The van der Waals surface area contributed by atoms with Gasteiger partial charge < -0.3 is 15.2 Å². The SMILES string of the molecule is COc1cc(C)c2c(c1OC)[C@@H](N)CC2(C)C. The van der Waals surface area contributed by atoms with Crippen LogP contribution in [0.2, 0.25) is 0 Å². The summed E-state index contributed by atoms with van der Waals surface area (Å²) in [4.78, 5) is 0. The van der Waals surface area contributed by atoms with Crippen LogP contribution in [-0.2, 0) is 5.41 Å². The molecule has 1 aliphatic rings. The van der Waals surface area contributed by atoms with Gasteiger partial charge in [0.2, 0.25) is 0 Å². The largest absolute Gasteiger partial charge is 0.493 e. The van der Waals surface area contributed by atoms with Crippen LogP contribution in [0.5, 0.6) is 11.5 Å². The number of fused-ring (bicyclic) bond motifs is 1. The minimum atomic E-state index is 0.0312. The van der Waals surface area contributed by atoms with Crippen LogP contribution >= 0.6 is 0 Å². The highest BCUT2D eigenvalue weighted by Gasteiger charge is 2.39. The molecular formula is C14H21NO2. The molecule has 1 aromatic carbocycles. The first-order valence-corrected chi connectivity index (χ1v) is 5.94.